The first-order valence-corrected chi connectivity index (χ1v) is 10.8. The number of aromatic nitrogens is 2. The maximum atomic E-state index is 12.4. The number of carbonyl (C=O) groups is 1. The first-order valence-electron chi connectivity index (χ1n) is 8.64. The number of amides is 1. The number of rotatable bonds is 5. The van der Waals surface area contributed by atoms with Crippen molar-refractivity contribution in [1.29, 1.82) is 0 Å². The Bertz CT molecular complexity index is 1120. The largest absolute Gasteiger partial charge is 0.325 e. The molecule has 0 aliphatic heterocycles. The molecule has 0 saturated carbocycles. The van der Waals surface area contributed by atoms with Crippen LogP contribution in [0, 0.1) is 0 Å². The summed E-state index contributed by atoms with van der Waals surface area (Å²) in [5.74, 6) is -0.104. The highest BCUT2D eigenvalue weighted by Gasteiger charge is 2.19. The highest BCUT2D eigenvalue weighted by molar-refractivity contribution is 8.00. The second-order valence-corrected chi connectivity index (χ2v) is 8.63. The summed E-state index contributed by atoms with van der Waals surface area (Å²) in [4.78, 5) is 22.3. The molecule has 1 amide bonds. The van der Waals surface area contributed by atoms with Crippen molar-refractivity contribution in [2.24, 2.45) is 0 Å². The lowest BCUT2D eigenvalue weighted by atomic mass is 10.1. The molecule has 2 heterocycles. The van der Waals surface area contributed by atoms with Crippen molar-refractivity contribution in [3.63, 3.8) is 0 Å². The van der Waals surface area contributed by atoms with Crippen LogP contribution >= 0.6 is 34.7 Å². The summed E-state index contributed by atoms with van der Waals surface area (Å²) in [5.41, 5.74) is 2.87. The molecule has 0 aliphatic carbocycles. The van der Waals surface area contributed by atoms with Gasteiger partial charge in [0.05, 0.1) is 10.6 Å². The monoisotopic (exact) mass is 425 g/mol. The summed E-state index contributed by atoms with van der Waals surface area (Å²) in [7, 11) is 0. The molecule has 0 bridgehead atoms. The van der Waals surface area contributed by atoms with E-state index < -0.39 is 0 Å². The number of para-hydroxylation sites is 1. The van der Waals surface area contributed by atoms with E-state index in [1.165, 1.54) is 23.1 Å². The first kappa shape index (κ1) is 18.9. The van der Waals surface area contributed by atoms with Crippen molar-refractivity contribution in [1.82, 2.24) is 9.97 Å². The summed E-state index contributed by atoms with van der Waals surface area (Å²) >= 11 is 9.31. The zero-order valence-electron chi connectivity index (χ0n) is 14.9. The molecule has 0 aliphatic rings. The fraction of sp³-hybridized carbons (Fsp3) is 0.0952. The van der Waals surface area contributed by atoms with Crippen LogP contribution in [0.25, 0.3) is 21.3 Å². The SMILES string of the molecule is CC(Sc1nc(Cl)c2c(-c3ccccc3)csc2n1)C(=O)Nc1ccccc1. The topological polar surface area (TPSA) is 54.9 Å². The fourth-order valence-corrected chi connectivity index (χ4v) is 4.89. The molecule has 4 aromatic rings. The van der Waals surface area contributed by atoms with Gasteiger partial charge in [0.1, 0.15) is 9.98 Å². The quantitative estimate of drug-likeness (QED) is 0.237. The number of thiophene rings is 1. The van der Waals surface area contributed by atoms with Gasteiger partial charge in [0.2, 0.25) is 5.91 Å². The van der Waals surface area contributed by atoms with Gasteiger partial charge in [-0.05, 0) is 24.6 Å². The lowest BCUT2D eigenvalue weighted by Gasteiger charge is -2.11. The Morgan fingerprint density at radius 3 is 2.46 bits per heavy atom. The van der Waals surface area contributed by atoms with E-state index in [-0.39, 0.29) is 11.2 Å². The Kier molecular flexibility index (Phi) is 5.62. The normalized spacial score (nSPS) is 12.1. The number of nitrogens with one attached hydrogen (secondary N) is 1. The molecule has 1 N–H and O–H groups in total. The van der Waals surface area contributed by atoms with Crippen molar-refractivity contribution in [3.8, 4) is 11.1 Å². The van der Waals surface area contributed by atoms with E-state index in [0.29, 0.717) is 10.3 Å². The molecule has 1 atom stereocenters. The average molecular weight is 426 g/mol. The van der Waals surface area contributed by atoms with E-state index in [4.69, 9.17) is 11.6 Å². The number of halogens is 1. The van der Waals surface area contributed by atoms with Crippen molar-refractivity contribution >= 4 is 56.5 Å². The molecular formula is C21H16ClN3OS2. The molecule has 7 heteroatoms. The average Bonchev–Trinajstić information content (AvgIpc) is 3.14. The number of hydrogen-bond donors (Lipinski definition) is 1. The molecule has 140 valence electrons. The Morgan fingerprint density at radius 2 is 1.75 bits per heavy atom. The van der Waals surface area contributed by atoms with E-state index in [2.05, 4.69) is 15.3 Å². The zero-order valence-corrected chi connectivity index (χ0v) is 17.3. The van der Waals surface area contributed by atoms with E-state index in [9.17, 15) is 4.79 Å². The van der Waals surface area contributed by atoms with E-state index in [1.54, 1.807) is 0 Å². The maximum Gasteiger partial charge on any atom is 0.237 e. The van der Waals surface area contributed by atoms with Crippen LogP contribution in [-0.4, -0.2) is 21.1 Å². The molecule has 0 saturated heterocycles. The van der Waals surface area contributed by atoms with Crippen molar-refractivity contribution in [2.45, 2.75) is 17.3 Å². The van der Waals surface area contributed by atoms with E-state index >= 15 is 0 Å². The highest BCUT2D eigenvalue weighted by Crippen LogP contribution is 2.38. The minimum Gasteiger partial charge on any atom is -0.325 e. The Balaban J connectivity index is 1.56. The lowest BCUT2D eigenvalue weighted by molar-refractivity contribution is -0.115. The van der Waals surface area contributed by atoms with Crippen LogP contribution in [0.1, 0.15) is 6.92 Å². The Hall–Kier alpha value is -2.41. The third kappa shape index (κ3) is 4.04. The van der Waals surface area contributed by atoms with Crippen molar-refractivity contribution in [2.75, 3.05) is 5.32 Å². The summed E-state index contributed by atoms with van der Waals surface area (Å²) < 4.78 is 0. The lowest BCUT2D eigenvalue weighted by Crippen LogP contribution is -2.22. The molecule has 0 spiro atoms. The first-order chi connectivity index (χ1) is 13.6. The molecule has 2 aromatic carbocycles. The molecular weight excluding hydrogens is 410 g/mol. The van der Waals surface area contributed by atoms with Crippen LogP contribution in [-0.2, 0) is 4.79 Å². The number of anilines is 1. The molecule has 2 aromatic heterocycles. The van der Waals surface area contributed by atoms with Crippen LogP contribution in [0.15, 0.2) is 71.2 Å². The van der Waals surface area contributed by atoms with Gasteiger partial charge in [-0.3, -0.25) is 4.79 Å². The Labute approximate surface area is 176 Å². The zero-order chi connectivity index (χ0) is 19.5. The predicted molar refractivity (Wildman–Crippen MR) is 118 cm³/mol. The van der Waals surface area contributed by atoms with Gasteiger partial charge in [0.25, 0.3) is 0 Å². The molecule has 0 fully saturated rings. The van der Waals surface area contributed by atoms with Gasteiger partial charge >= 0.3 is 0 Å². The van der Waals surface area contributed by atoms with E-state index in [0.717, 1.165) is 27.0 Å². The van der Waals surface area contributed by atoms with Gasteiger partial charge < -0.3 is 5.32 Å². The van der Waals surface area contributed by atoms with Crippen molar-refractivity contribution in [3.05, 3.63) is 71.2 Å². The van der Waals surface area contributed by atoms with Gasteiger partial charge in [-0.15, -0.1) is 11.3 Å². The number of carbonyl (C=O) groups excluding carboxylic acids is 1. The van der Waals surface area contributed by atoms with E-state index in [1.807, 2.05) is 73.0 Å². The maximum absolute atomic E-state index is 12.4. The van der Waals surface area contributed by atoms with Crippen LogP contribution in [0.2, 0.25) is 5.15 Å². The smallest absolute Gasteiger partial charge is 0.237 e. The summed E-state index contributed by atoms with van der Waals surface area (Å²) in [5, 5.41) is 6.33. The summed E-state index contributed by atoms with van der Waals surface area (Å²) in [6, 6.07) is 19.4. The van der Waals surface area contributed by atoms with Gasteiger partial charge in [-0.1, -0.05) is 71.9 Å². The molecule has 28 heavy (non-hydrogen) atoms. The standard InChI is InChI=1S/C21H16ClN3OS2/c1-13(19(26)23-15-10-6-3-7-11-15)28-21-24-18(22)17-16(12-27-20(17)25-21)14-8-4-2-5-9-14/h2-13H,1H3,(H,23,26). The number of hydrogen-bond acceptors (Lipinski definition) is 5. The fourth-order valence-electron chi connectivity index (χ4n) is 2.74. The van der Waals surface area contributed by atoms with Crippen LogP contribution < -0.4 is 5.32 Å². The number of thioether (sulfide) groups is 1. The van der Waals surface area contributed by atoms with Gasteiger partial charge in [-0.25, -0.2) is 9.97 Å². The van der Waals surface area contributed by atoms with Gasteiger partial charge in [0, 0.05) is 16.6 Å². The predicted octanol–water partition coefficient (Wildman–Crippen LogP) is 6.13. The third-order valence-electron chi connectivity index (χ3n) is 4.15. The third-order valence-corrected chi connectivity index (χ3v) is 6.25. The van der Waals surface area contributed by atoms with Crippen LogP contribution in [0.4, 0.5) is 5.69 Å². The number of fused-ring (bicyclic) bond motifs is 1. The van der Waals surface area contributed by atoms with Crippen molar-refractivity contribution < 1.29 is 4.79 Å². The minimum atomic E-state index is -0.359. The summed E-state index contributed by atoms with van der Waals surface area (Å²) in [6.45, 7) is 1.83. The highest BCUT2D eigenvalue weighted by atomic mass is 35.5. The van der Waals surface area contributed by atoms with Crippen LogP contribution in [0.5, 0.6) is 0 Å². The van der Waals surface area contributed by atoms with Gasteiger partial charge in [0.15, 0.2) is 5.16 Å². The molecule has 0 radical (unpaired) electrons. The van der Waals surface area contributed by atoms with Crippen LogP contribution in [0.3, 0.4) is 0 Å². The number of nitrogens with zero attached hydrogens (tertiary/aromatic N) is 2. The summed E-state index contributed by atoms with van der Waals surface area (Å²) in [6.07, 6.45) is 0. The molecule has 1 unspecified atom stereocenters. The minimum absolute atomic E-state index is 0.104. The van der Waals surface area contributed by atoms with Gasteiger partial charge in [-0.2, -0.15) is 0 Å². The Morgan fingerprint density at radius 1 is 1.07 bits per heavy atom. The second kappa shape index (κ2) is 8.31. The second-order valence-electron chi connectivity index (χ2n) is 6.11. The number of benzene rings is 2. The molecule has 4 nitrogen and oxygen atoms in total. The molecule has 4 rings (SSSR count).